The lowest BCUT2D eigenvalue weighted by Gasteiger charge is -2.10. The molecule has 0 fully saturated rings. The highest BCUT2D eigenvalue weighted by atomic mass is 79.9. The number of nitrogens with two attached hydrogens (primary N) is 1. The van der Waals surface area contributed by atoms with Crippen molar-refractivity contribution in [1.29, 1.82) is 0 Å². The third kappa shape index (κ3) is 3.82. The molecular weight excluding hydrogens is 334 g/mol. The van der Waals surface area contributed by atoms with Gasteiger partial charge in [0.1, 0.15) is 0 Å². The van der Waals surface area contributed by atoms with Crippen molar-refractivity contribution in [3.63, 3.8) is 0 Å². The number of nitrogens with one attached hydrogen (secondary N) is 2. The Labute approximate surface area is 130 Å². The fourth-order valence-electron chi connectivity index (χ4n) is 1.87. The van der Waals surface area contributed by atoms with Gasteiger partial charge >= 0.3 is 6.03 Å². The zero-order valence-corrected chi connectivity index (χ0v) is 12.9. The van der Waals surface area contributed by atoms with E-state index in [0.717, 1.165) is 10.0 Å². The molecule has 0 radical (unpaired) electrons. The van der Waals surface area contributed by atoms with E-state index in [1.54, 1.807) is 36.4 Å². The smallest absolute Gasteiger partial charge is 0.316 e. The second-order valence-electron chi connectivity index (χ2n) is 4.44. The van der Waals surface area contributed by atoms with Crippen LogP contribution in [0.3, 0.4) is 0 Å². The van der Waals surface area contributed by atoms with Crippen LogP contribution in [0.15, 0.2) is 46.9 Å². The number of urea groups is 1. The number of hydrogen-bond acceptors (Lipinski definition) is 2. The van der Waals surface area contributed by atoms with Crippen molar-refractivity contribution in [3.05, 3.63) is 58.1 Å². The van der Waals surface area contributed by atoms with Gasteiger partial charge in [0.25, 0.3) is 5.91 Å². The van der Waals surface area contributed by atoms with Crippen molar-refractivity contribution >= 4 is 39.2 Å². The molecule has 0 aliphatic rings. The Kier molecular flexibility index (Phi) is 4.59. The summed E-state index contributed by atoms with van der Waals surface area (Å²) in [5.74, 6) is -0.218. The highest BCUT2D eigenvalue weighted by molar-refractivity contribution is 9.10. The monoisotopic (exact) mass is 347 g/mol. The SMILES string of the molecule is Cc1c(Br)cccc1C(=O)Nc1cccc(NC(N)=O)c1. The molecule has 0 atom stereocenters. The molecule has 2 aromatic rings. The number of primary amides is 1. The zero-order chi connectivity index (χ0) is 15.4. The molecule has 0 aromatic heterocycles. The highest BCUT2D eigenvalue weighted by Crippen LogP contribution is 2.21. The number of amides is 3. The van der Waals surface area contributed by atoms with Crippen molar-refractivity contribution in [3.8, 4) is 0 Å². The van der Waals surface area contributed by atoms with Crippen LogP contribution in [0, 0.1) is 6.92 Å². The standard InChI is InChI=1S/C15H14BrN3O2/c1-9-12(6-3-7-13(9)16)14(20)18-10-4-2-5-11(8-10)19-15(17)21/h2-8H,1H3,(H,18,20)(H3,17,19,21). The molecule has 6 heteroatoms. The Morgan fingerprint density at radius 2 is 1.67 bits per heavy atom. The minimum Gasteiger partial charge on any atom is -0.351 e. The average molecular weight is 348 g/mol. The van der Waals surface area contributed by atoms with Crippen molar-refractivity contribution in [2.75, 3.05) is 10.6 Å². The van der Waals surface area contributed by atoms with E-state index in [1.807, 2.05) is 13.0 Å². The second-order valence-corrected chi connectivity index (χ2v) is 5.29. The zero-order valence-electron chi connectivity index (χ0n) is 11.3. The summed E-state index contributed by atoms with van der Waals surface area (Å²) >= 11 is 3.40. The second kappa shape index (κ2) is 6.41. The van der Waals surface area contributed by atoms with Crippen LogP contribution in [0.5, 0.6) is 0 Å². The van der Waals surface area contributed by atoms with Gasteiger partial charge in [-0.3, -0.25) is 4.79 Å². The van der Waals surface area contributed by atoms with Gasteiger partial charge in [0.05, 0.1) is 0 Å². The summed E-state index contributed by atoms with van der Waals surface area (Å²) < 4.78 is 0.874. The van der Waals surface area contributed by atoms with E-state index in [0.29, 0.717) is 16.9 Å². The summed E-state index contributed by atoms with van der Waals surface area (Å²) in [6, 6.07) is 11.6. The predicted octanol–water partition coefficient (Wildman–Crippen LogP) is 3.50. The molecule has 0 aliphatic carbocycles. The largest absolute Gasteiger partial charge is 0.351 e. The van der Waals surface area contributed by atoms with Gasteiger partial charge in [-0.15, -0.1) is 0 Å². The number of rotatable bonds is 3. The summed E-state index contributed by atoms with van der Waals surface area (Å²) in [6.45, 7) is 1.87. The Hall–Kier alpha value is -2.34. The first-order valence-electron chi connectivity index (χ1n) is 6.20. The van der Waals surface area contributed by atoms with Crippen molar-refractivity contribution in [1.82, 2.24) is 0 Å². The van der Waals surface area contributed by atoms with E-state index in [1.165, 1.54) is 0 Å². The molecule has 0 saturated heterocycles. The average Bonchev–Trinajstić information content (AvgIpc) is 2.41. The van der Waals surface area contributed by atoms with Gasteiger partial charge < -0.3 is 16.4 Å². The molecule has 0 aliphatic heterocycles. The number of anilines is 2. The van der Waals surface area contributed by atoms with Gasteiger partial charge in [-0.05, 0) is 42.8 Å². The number of halogens is 1. The van der Waals surface area contributed by atoms with Gasteiger partial charge in [-0.1, -0.05) is 28.1 Å². The van der Waals surface area contributed by atoms with E-state index in [4.69, 9.17) is 5.73 Å². The lowest BCUT2D eigenvalue weighted by Crippen LogP contribution is -2.19. The summed E-state index contributed by atoms with van der Waals surface area (Å²) in [6.07, 6.45) is 0. The lowest BCUT2D eigenvalue weighted by atomic mass is 10.1. The molecule has 0 bridgehead atoms. The molecule has 3 amide bonds. The third-order valence-electron chi connectivity index (χ3n) is 2.90. The van der Waals surface area contributed by atoms with Gasteiger partial charge in [0, 0.05) is 21.4 Å². The summed E-state index contributed by atoms with van der Waals surface area (Å²) in [5, 5.41) is 5.25. The van der Waals surface area contributed by atoms with E-state index in [9.17, 15) is 9.59 Å². The molecule has 0 unspecified atom stereocenters. The number of carbonyl (C=O) groups is 2. The van der Waals surface area contributed by atoms with Crippen molar-refractivity contribution in [2.24, 2.45) is 5.73 Å². The quantitative estimate of drug-likeness (QED) is 0.793. The number of carbonyl (C=O) groups excluding carboxylic acids is 2. The van der Waals surface area contributed by atoms with E-state index in [-0.39, 0.29) is 5.91 Å². The van der Waals surface area contributed by atoms with Crippen molar-refractivity contribution in [2.45, 2.75) is 6.92 Å². The van der Waals surface area contributed by atoms with Crippen LogP contribution in [0.2, 0.25) is 0 Å². The van der Waals surface area contributed by atoms with Gasteiger partial charge in [0.15, 0.2) is 0 Å². The number of benzene rings is 2. The topological polar surface area (TPSA) is 84.2 Å². The fourth-order valence-corrected chi connectivity index (χ4v) is 2.24. The molecule has 0 heterocycles. The lowest BCUT2D eigenvalue weighted by molar-refractivity contribution is 0.102. The predicted molar refractivity (Wildman–Crippen MR) is 86.5 cm³/mol. The molecule has 5 nitrogen and oxygen atoms in total. The van der Waals surface area contributed by atoms with Crippen LogP contribution in [0.4, 0.5) is 16.2 Å². The number of hydrogen-bond donors (Lipinski definition) is 3. The van der Waals surface area contributed by atoms with Crippen molar-refractivity contribution < 1.29 is 9.59 Å². The van der Waals surface area contributed by atoms with E-state index >= 15 is 0 Å². The fraction of sp³-hybridized carbons (Fsp3) is 0.0667. The molecule has 0 spiro atoms. The Morgan fingerprint density at radius 3 is 2.33 bits per heavy atom. The van der Waals surface area contributed by atoms with Crippen LogP contribution in [0.1, 0.15) is 15.9 Å². The molecule has 2 rings (SSSR count). The van der Waals surface area contributed by atoms with Crippen LogP contribution in [-0.2, 0) is 0 Å². The van der Waals surface area contributed by atoms with E-state index in [2.05, 4.69) is 26.6 Å². The maximum atomic E-state index is 12.3. The molecule has 4 N–H and O–H groups in total. The molecule has 0 saturated carbocycles. The van der Waals surface area contributed by atoms with Gasteiger partial charge in [-0.25, -0.2) is 4.79 Å². The third-order valence-corrected chi connectivity index (χ3v) is 3.76. The first kappa shape index (κ1) is 15.1. The van der Waals surface area contributed by atoms with Crippen LogP contribution in [0.25, 0.3) is 0 Å². The minimum atomic E-state index is -0.652. The van der Waals surface area contributed by atoms with Gasteiger partial charge in [-0.2, -0.15) is 0 Å². The Balaban J connectivity index is 2.20. The molecular formula is C15H14BrN3O2. The molecule has 21 heavy (non-hydrogen) atoms. The normalized spacial score (nSPS) is 10.0. The first-order valence-corrected chi connectivity index (χ1v) is 6.99. The summed E-state index contributed by atoms with van der Waals surface area (Å²) in [7, 11) is 0. The maximum absolute atomic E-state index is 12.3. The van der Waals surface area contributed by atoms with Gasteiger partial charge in [0.2, 0.25) is 0 Å². The van der Waals surface area contributed by atoms with Crippen LogP contribution in [-0.4, -0.2) is 11.9 Å². The summed E-state index contributed by atoms with van der Waals surface area (Å²) in [5.41, 5.74) is 7.60. The molecule has 108 valence electrons. The molecule has 2 aromatic carbocycles. The first-order chi connectivity index (χ1) is 9.97. The maximum Gasteiger partial charge on any atom is 0.316 e. The Morgan fingerprint density at radius 1 is 1.05 bits per heavy atom. The highest BCUT2D eigenvalue weighted by Gasteiger charge is 2.11. The summed E-state index contributed by atoms with van der Waals surface area (Å²) in [4.78, 5) is 23.1. The van der Waals surface area contributed by atoms with E-state index < -0.39 is 6.03 Å². The van der Waals surface area contributed by atoms with Crippen LogP contribution >= 0.6 is 15.9 Å². The van der Waals surface area contributed by atoms with Crippen LogP contribution < -0.4 is 16.4 Å². The minimum absolute atomic E-state index is 0.218. The Bertz CT molecular complexity index is 701.